The van der Waals surface area contributed by atoms with Crippen molar-refractivity contribution in [3.63, 3.8) is 0 Å². The summed E-state index contributed by atoms with van der Waals surface area (Å²) in [4.78, 5) is 2.31. The molecule has 55 heavy (non-hydrogen) atoms. The molecule has 0 atom stereocenters. The first-order valence-electron chi connectivity index (χ1n) is 18.7. The van der Waals surface area contributed by atoms with E-state index in [1.54, 1.807) is 0 Å². The Morgan fingerprint density at radius 1 is 0.309 bits per heavy atom. The summed E-state index contributed by atoms with van der Waals surface area (Å²) in [6.07, 6.45) is 0. The molecule has 0 bridgehead atoms. The van der Waals surface area contributed by atoms with Crippen LogP contribution in [0.1, 0.15) is 0 Å². The first-order valence-corrected chi connectivity index (χ1v) is 18.7. The monoisotopic (exact) mass is 703 g/mol. The van der Waals surface area contributed by atoms with Gasteiger partial charge in [0.2, 0.25) is 0 Å². The number of fused-ring (bicyclic) bond motifs is 8. The normalized spacial score (nSPS) is 11.6. The highest BCUT2D eigenvalue weighted by Crippen LogP contribution is 2.45. The van der Waals surface area contributed by atoms with Gasteiger partial charge in [-0.2, -0.15) is 0 Å². The fourth-order valence-electron chi connectivity index (χ4n) is 8.19. The molecule has 11 aromatic rings. The highest BCUT2D eigenvalue weighted by atomic mass is 16.3. The number of nitrogens with zero attached hydrogens (tertiary/aromatic N) is 1. The van der Waals surface area contributed by atoms with Crippen LogP contribution in [0.4, 0.5) is 17.1 Å². The summed E-state index contributed by atoms with van der Waals surface area (Å²) < 4.78 is 13.3. The average molecular weight is 704 g/mol. The van der Waals surface area contributed by atoms with Gasteiger partial charge in [0.15, 0.2) is 5.58 Å². The van der Waals surface area contributed by atoms with Gasteiger partial charge in [-0.25, -0.2) is 0 Å². The van der Waals surface area contributed by atoms with Gasteiger partial charge in [0.25, 0.3) is 0 Å². The molecule has 0 spiro atoms. The highest BCUT2D eigenvalue weighted by molar-refractivity contribution is 6.17. The van der Waals surface area contributed by atoms with Crippen molar-refractivity contribution in [2.45, 2.75) is 0 Å². The summed E-state index contributed by atoms with van der Waals surface area (Å²) in [6, 6.07) is 70.8. The quantitative estimate of drug-likeness (QED) is 0.173. The molecule has 2 aromatic heterocycles. The molecule has 0 fully saturated rings. The number of hydrogen-bond acceptors (Lipinski definition) is 3. The van der Waals surface area contributed by atoms with Crippen molar-refractivity contribution in [3.05, 3.63) is 200 Å². The predicted molar refractivity (Wildman–Crippen MR) is 229 cm³/mol. The van der Waals surface area contributed by atoms with Crippen LogP contribution in [0, 0.1) is 0 Å². The van der Waals surface area contributed by atoms with Crippen molar-refractivity contribution in [1.29, 1.82) is 0 Å². The minimum absolute atomic E-state index is 0.851. The van der Waals surface area contributed by atoms with Gasteiger partial charge in [0, 0.05) is 43.9 Å². The lowest BCUT2D eigenvalue weighted by molar-refractivity contribution is 0.670. The lowest BCUT2D eigenvalue weighted by Crippen LogP contribution is -2.10. The van der Waals surface area contributed by atoms with Crippen LogP contribution in [0.2, 0.25) is 0 Å². The van der Waals surface area contributed by atoms with Crippen molar-refractivity contribution >= 4 is 71.7 Å². The van der Waals surface area contributed by atoms with Gasteiger partial charge >= 0.3 is 0 Å². The summed E-state index contributed by atoms with van der Waals surface area (Å²) in [5, 5.41) is 6.72. The molecule has 0 radical (unpaired) electrons. The van der Waals surface area contributed by atoms with E-state index in [1.165, 1.54) is 16.7 Å². The Morgan fingerprint density at radius 3 is 1.65 bits per heavy atom. The summed E-state index contributed by atoms with van der Waals surface area (Å²) in [5.41, 5.74) is 13.5. The smallest absolute Gasteiger partial charge is 0.159 e. The minimum Gasteiger partial charge on any atom is -0.455 e. The Balaban J connectivity index is 1.05. The molecule has 0 saturated carbocycles. The standard InChI is InChI=1S/C52H33NO2/c1-2-11-34(12-3-1)38-14-8-15-39(33-38)35-23-28-40(29-24-35)53(48-21-10-20-46-47-32-27-36-13-4-5-16-42(36)51(47)55-52(46)48)41-30-25-37(26-31-41)43-18-9-19-45-44-17-6-7-22-49(44)54-50(43)45/h1-33H. The number of anilines is 3. The van der Waals surface area contributed by atoms with Crippen LogP contribution >= 0.6 is 0 Å². The summed E-state index contributed by atoms with van der Waals surface area (Å²) in [6.45, 7) is 0. The van der Waals surface area contributed by atoms with E-state index in [0.29, 0.717) is 0 Å². The predicted octanol–water partition coefficient (Wildman–Crippen LogP) is 15.1. The van der Waals surface area contributed by atoms with Crippen LogP contribution in [-0.4, -0.2) is 0 Å². The van der Waals surface area contributed by atoms with Crippen LogP contribution in [0.3, 0.4) is 0 Å². The molecule has 0 N–H and O–H groups in total. The molecule has 0 amide bonds. The van der Waals surface area contributed by atoms with Crippen LogP contribution in [-0.2, 0) is 0 Å². The lowest BCUT2D eigenvalue weighted by atomic mass is 9.98. The number of hydrogen-bond donors (Lipinski definition) is 0. The summed E-state index contributed by atoms with van der Waals surface area (Å²) in [5.74, 6) is 0. The molecule has 3 nitrogen and oxygen atoms in total. The van der Waals surface area contributed by atoms with E-state index < -0.39 is 0 Å². The molecule has 3 heteroatoms. The Labute approximate surface area is 317 Å². The van der Waals surface area contributed by atoms with Crippen LogP contribution in [0.5, 0.6) is 0 Å². The maximum atomic E-state index is 6.89. The second kappa shape index (κ2) is 12.6. The molecule has 258 valence electrons. The number of rotatable bonds is 6. The molecule has 11 rings (SSSR count). The van der Waals surface area contributed by atoms with E-state index in [4.69, 9.17) is 8.83 Å². The first kappa shape index (κ1) is 31.2. The largest absolute Gasteiger partial charge is 0.455 e. The second-order valence-corrected chi connectivity index (χ2v) is 14.1. The number of benzene rings is 9. The topological polar surface area (TPSA) is 29.5 Å². The van der Waals surface area contributed by atoms with Gasteiger partial charge in [0.1, 0.15) is 16.7 Å². The van der Waals surface area contributed by atoms with E-state index in [-0.39, 0.29) is 0 Å². The molecule has 0 unspecified atom stereocenters. The van der Waals surface area contributed by atoms with Crippen molar-refractivity contribution < 1.29 is 8.83 Å². The van der Waals surface area contributed by atoms with Crippen molar-refractivity contribution in [2.75, 3.05) is 4.90 Å². The Bertz CT molecular complexity index is 3190. The molecule has 2 heterocycles. The van der Waals surface area contributed by atoms with Gasteiger partial charge in [0.05, 0.1) is 5.69 Å². The number of para-hydroxylation sites is 3. The van der Waals surface area contributed by atoms with E-state index in [2.05, 4.69) is 193 Å². The van der Waals surface area contributed by atoms with Crippen molar-refractivity contribution in [1.82, 2.24) is 0 Å². The fourth-order valence-corrected chi connectivity index (χ4v) is 8.19. The van der Waals surface area contributed by atoms with Crippen LogP contribution in [0.25, 0.3) is 88.0 Å². The third kappa shape index (κ3) is 5.20. The van der Waals surface area contributed by atoms with E-state index in [1.807, 2.05) is 12.1 Å². The summed E-state index contributed by atoms with van der Waals surface area (Å²) in [7, 11) is 0. The number of furan rings is 2. The molecule has 0 saturated heterocycles. The minimum atomic E-state index is 0.851. The molecular weight excluding hydrogens is 671 g/mol. The second-order valence-electron chi connectivity index (χ2n) is 14.1. The van der Waals surface area contributed by atoms with E-state index in [9.17, 15) is 0 Å². The highest BCUT2D eigenvalue weighted by Gasteiger charge is 2.21. The van der Waals surface area contributed by atoms with Crippen LogP contribution in [0.15, 0.2) is 209 Å². The van der Waals surface area contributed by atoms with Gasteiger partial charge in [-0.3, -0.25) is 0 Å². The zero-order valence-corrected chi connectivity index (χ0v) is 29.8. The molecule has 0 aliphatic carbocycles. The molecule has 0 aliphatic heterocycles. The van der Waals surface area contributed by atoms with Crippen LogP contribution < -0.4 is 4.90 Å². The molecule has 9 aromatic carbocycles. The van der Waals surface area contributed by atoms with Crippen molar-refractivity contribution in [2.24, 2.45) is 0 Å². The lowest BCUT2D eigenvalue weighted by Gasteiger charge is -2.26. The third-order valence-electron chi connectivity index (χ3n) is 10.9. The zero-order chi connectivity index (χ0) is 36.3. The Hall–Kier alpha value is -7.36. The summed E-state index contributed by atoms with van der Waals surface area (Å²) >= 11 is 0. The van der Waals surface area contributed by atoms with E-state index >= 15 is 0 Å². The van der Waals surface area contributed by atoms with Gasteiger partial charge in [-0.1, -0.05) is 152 Å². The fraction of sp³-hybridized carbons (Fsp3) is 0. The maximum Gasteiger partial charge on any atom is 0.159 e. The Kier molecular flexibility index (Phi) is 7.17. The maximum absolute atomic E-state index is 6.89. The van der Waals surface area contributed by atoms with Gasteiger partial charge < -0.3 is 13.7 Å². The SMILES string of the molecule is c1ccc(-c2cccc(-c3ccc(N(c4ccc(-c5cccc6c5oc5ccccc56)cc4)c4cccc5c4oc4c6ccccc6ccc54)cc3)c2)cc1. The zero-order valence-electron chi connectivity index (χ0n) is 29.8. The first-order chi connectivity index (χ1) is 27.3. The third-order valence-corrected chi connectivity index (χ3v) is 10.9. The average Bonchev–Trinajstić information content (AvgIpc) is 3.84. The van der Waals surface area contributed by atoms with Gasteiger partial charge in [-0.05, 0) is 81.7 Å². The van der Waals surface area contributed by atoms with Crippen molar-refractivity contribution in [3.8, 4) is 33.4 Å². The Morgan fingerprint density at radius 2 is 0.873 bits per heavy atom. The molecule has 0 aliphatic rings. The van der Waals surface area contributed by atoms with E-state index in [0.717, 1.165) is 88.4 Å². The molecular formula is C52H33NO2. The van der Waals surface area contributed by atoms with Gasteiger partial charge in [-0.15, -0.1) is 0 Å².